The Labute approximate surface area is 105 Å². The third-order valence-electron chi connectivity index (χ3n) is 4.20. The monoisotopic (exact) mass is 241 g/mol. The molecule has 0 aromatic heterocycles. The Hall–Kier alpha value is -0.770. The first-order valence-electron chi connectivity index (χ1n) is 6.76. The molecule has 1 atom stereocenters. The highest BCUT2D eigenvalue weighted by Crippen LogP contribution is 2.29. The molecule has 4 nitrogen and oxygen atoms in total. The van der Waals surface area contributed by atoms with Crippen molar-refractivity contribution < 1.29 is 5.21 Å². The molecule has 1 saturated carbocycles. The SMILES string of the molecule is CCC1CCC(N(C)CC(C)/C(N)=N/O)CC1. The minimum absolute atomic E-state index is 0.119. The molecule has 17 heavy (non-hydrogen) atoms. The first-order chi connectivity index (χ1) is 8.08. The molecule has 0 aromatic carbocycles. The molecule has 0 heterocycles. The summed E-state index contributed by atoms with van der Waals surface area (Å²) in [5.41, 5.74) is 5.61. The first-order valence-corrected chi connectivity index (χ1v) is 6.76. The topological polar surface area (TPSA) is 61.8 Å². The largest absolute Gasteiger partial charge is 0.409 e. The maximum absolute atomic E-state index is 8.64. The number of rotatable bonds is 5. The van der Waals surface area contributed by atoms with Gasteiger partial charge in [-0.3, -0.25) is 0 Å². The van der Waals surface area contributed by atoms with E-state index in [0.717, 1.165) is 12.5 Å². The Morgan fingerprint density at radius 1 is 1.41 bits per heavy atom. The van der Waals surface area contributed by atoms with E-state index in [2.05, 4.69) is 24.0 Å². The summed E-state index contributed by atoms with van der Waals surface area (Å²) in [4.78, 5) is 2.37. The van der Waals surface area contributed by atoms with Crippen molar-refractivity contribution in [3.63, 3.8) is 0 Å². The zero-order valence-corrected chi connectivity index (χ0v) is 11.4. The lowest BCUT2D eigenvalue weighted by Gasteiger charge is -2.35. The fourth-order valence-corrected chi connectivity index (χ4v) is 2.77. The van der Waals surface area contributed by atoms with Gasteiger partial charge in [-0.2, -0.15) is 0 Å². The molecule has 0 saturated heterocycles. The van der Waals surface area contributed by atoms with Crippen LogP contribution in [-0.4, -0.2) is 35.6 Å². The highest BCUT2D eigenvalue weighted by molar-refractivity contribution is 5.82. The van der Waals surface area contributed by atoms with Crippen molar-refractivity contribution in [2.75, 3.05) is 13.6 Å². The zero-order chi connectivity index (χ0) is 12.8. The summed E-state index contributed by atoms with van der Waals surface area (Å²) >= 11 is 0. The normalized spacial score (nSPS) is 28.4. The molecule has 1 aliphatic rings. The highest BCUT2D eigenvalue weighted by atomic mass is 16.4. The molecule has 1 aliphatic carbocycles. The van der Waals surface area contributed by atoms with Gasteiger partial charge in [-0.25, -0.2) is 0 Å². The van der Waals surface area contributed by atoms with E-state index in [1.165, 1.54) is 32.1 Å². The number of nitrogens with two attached hydrogens (primary N) is 1. The predicted octanol–water partition coefficient (Wildman–Crippen LogP) is 2.27. The zero-order valence-electron chi connectivity index (χ0n) is 11.4. The van der Waals surface area contributed by atoms with Gasteiger partial charge < -0.3 is 15.8 Å². The van der Waals surface area contributed by atoms with Gasteiger partial charge in [0, 0.05) is 18.5 Å². The van der Waals surface area contributed by atoms with Crippen LogP contribution in [0.5, 0.6) is 0 Å². The van der Waals surface area contributed by atoms with E-state index >= 15 is 0 Å². The average molecular weight is 241 g/mol. The van der Waals surface area contributed by atoms with E-state index in [4.69, 9.17) is 10.9 Å². The first kappa shape index (κ1) is 14.3. The molecule has 1 unspecified atom stereocenters. The van der Waals surface area contributed by atoms with E-state index in [0.29, 0.717) is 11.9 Å². The lowest BCUT2D eigenvalue weighted by Crippen LogP contribution is -2.40. The molecule has 0 aromatic rings. The molecule has 1 fully saturated rings. The smallest absolute Gasteiger partial charge is 0.143 e. The quantitative estimate of drug-likeness (QED) is 0.336. The molecular formula is C13H27N3O. The van der Waals surface area contributed by atoms with Crippen molar-refractivity contribution in [3.05, 3.63) is 0 Å². The highest BCUT2D eigenvalue weighted by Gasteiger charge is 2.24. The van der Waals surface area contributed by atoms with Crippen LogP contribution >= 0.6 is 0 Å². The van der Waals surface area contributed by atoms with Crippen molar-refractivity contribution in [1.29, 1.82) is 0 Å². The minimum Gasteiger partial charge on any atom is -0.409 e. The molecule has 4 heteroatoms. The average Bonchev–Trinajstić information content (AvgIpc) is 2.37. The third kappa shape index (κ3) is 4.19. The summed E-state index contributed by atoms with van der Waals surface area (Å²) in [7, 11) is 2.15. The van der Waals surface area contributed by atoms with E-state index in [9.17, 15) is 0 Å². The van der Waals surface area contributed by atoms with Crippen molar-refractivity contribution in [2.24, 2.45) is 22.7 Å². The van der Waals surface area contributed by atoms with E-state index in [-0.39, 0.29) is 5.92 Å². The number of hydrogen-bond donors (Lipinski definition) is 2. The van der Waals surface area contributed by atoms with Crippen LogP contribution in [0.1, 0.15) is 46.0 Å². The van der Waals surface area contributed by atoms with E-state index in [1.807, 2.05) is 6.92 Å². The summed E-state index contributed by atoms with van der Waals surface area (Å²) in [6, 6.07) is 0.673. The van der Waals surface area contributed by atoms with Crippen LogP contribution in [0, 0.1) is 11.8 Å². The fourth-order valence-electron chi connectivity index (χ4n) is 2.77. The Morgan fingerprint density at radius 3 is 2.47 bits per heavy atom. The number of amidine groups is 1. The van der Waals surface area contributed by atoms with Gasteiger partial charge >= 0.3 is 0 Å². The van der Waals surface area contributed by atoms with Crippen LogP contribution in [0.2, 0.25) is 0 Å². The fraction of sp³-hybridized carbons (Fsp3) is 0.923. The van der Waals surface area contributed by atoms with Crippen LogP contribution in [0.4, 0.5) is 0 Å². The van der Waals surface area contributed by atoms with Gasteiger partial charge in [-0.15, -0.1) is 0 Å². The van der Waals surface area contributed by atoms with Gasteiger partial charge in [0.15, 0.2) is 0 Å². The van der Waals surface area contributed by atoms with Crippen molar-refractivity contribution in [2.45, 2.75) is 52.0 Å². The van der Waals surface area contributed by atoms with Gasteiger partial charge in [0.05, 0.1) is 0 Å². The van der Waals surface area contributed by atoms with Gasteiger partial charge in [0.2, 0.25) is 0 Å². The van der Waals surface area contributed by atoms with Crippen molar-refractivity contribution >= 4 is 5.84 Å². The Kier molecular flexibility index (Phi) is 5.75. The maximum Gasteiger partial charge on any atom is 0.143 e. The second kappa shape index (κ2) is 6.84. The Morgan fingerprint density at radius 2 is 2.00 bits per heavy atom. The summed E-state index contributed by atoms with van der Waals surface area (Å²) in [5, 5.41) is 11.7. The standard InChI is InChI=1S/C13H27N3O/c1-4-11-5-7-12(8-6-11)16(3)9-10(2)13(14)15-17/h10-12,17H,4-9H2,1-3H3,(H2,14,15). The summed E-state index contributed by atoms with van der Waals surface area (Å²) in [5.74, 6) is 1.38. The molecule has 100 valence electrons. The lowest BCUT2D eigenvalue weighted by molar-refractivity contribution is 0.156. The predicted molar refractivity (Wildman–Crippen MR) is 71.2 cm³/mol. The van der Waals surface area contributed by atoms with Gasteiger partial charge in [-0.05, 0) is 38.6 Å². The van der Waals surface area contributed by atoms with E-state index < -0.39 is 0 Å². The van der Waals surface area contributed by atoms with Crippen molar-refractivity contribution in [3.8, 4) is 0 Å². The second-order valence-electron chi connectivity index (χ2n) is 5.45. The molecule has 0 aliphatic heterocycles. The maximum atomic E-state index is 8.64. The second-order valence-corrected chi connectivity index (χ2v) is 5.45. The summed E-state index contributed by atoms with van der Waals surface area (Å²) < 4.78 is 0. The number of oxime groups is 1. The molecule has 0 amide bonds. The molecule has 0 radical (unpaired) electrons. The van der Waals surface area contributed by atoms with Gasteiger partial charge in [0.25, 0.3) is 0 Å². The van der Waals surface area contributed by atoms with Crippen LogP contribution in [0.3, 0.4) is 0 Å². The molecule has 0 spiro atoms. The lowest BCUT2D eigenvalue weighted by atomic mass is 9.84. The van der Waals surface area contributed by atoms with Gasteiger partial charge in [0.1, 0.15) is 5.84 Å². The Balaban J connectivity index is 2.36. The third-order valence-corrected chi connectivity index (χ3v) is 4.20. The summed E-state index contributed by atoms with van der Waals surface area (Å²) in [6.45, 7) is 5.16. The van der Waals surface area contributed by atoms with Crippen molar-refractivity contribution in [1.82, 2.24) is 4.90 Å². The molecule has 1 rings (SSSR count). The molecule has 3 N–H and O–H groups in total. The van der Waals surface area contributed by atoms with Crippen LogP contribution < -0.4 is 5.73 Å². The summed E-state index contributed by atoms with van der Waals surface area (Å²) in [6.07, 6.45) is 6.60. The van der Waals surface area contributed by atoms with Crippen LogP contribution in [0.15, 0.2) is 5.16 Å². The number of hydrogen-bond acceptors (Lipinski definition) is 3. The Bertz CT molecular complexity index is 247. The van der Waals surface area contributed by atoms with E-state index in [1.54, 1.807) is 0 Å². The minimum atomic E-state index is 0.119. The number of nitrogens with zero attached hydrogens (tertiary/aromatic N) is 2. The van der Waals surface area contributed by atoms with Gasteiger partial charge in [-0.1, -0.05) is 25.4 Å². The molecular weight excluding hydrogens is 214 g/mol. The van der Waals surface area contributed by atoms with Crippen LogP contribution in [0.25, 0.3) is 0 Å². The molecule has 0 bridgehead atoms. The van der Waals surface area contributed by atoms with Crippen LogP contribution in [-0.2, 0) is 0 Å².